The third-order valence-corrected chi connectivity index (χ3v) is 5.19. The molecule has 0 atom stereocenters. The van der Waals surface area contributed by atoms with Crippen LogP contribution in [0, 0.1) is 11.8 Å². The topological polar surface area (TPSA) is 38.3 Å². The molecule has 2 rings (SSSR count). The van der Waals surface area contributed by atoms with E-state index in [9.17, 15) is 4.79 Å². The van der Waals surface area contributed by atoms with Gasteiger partial charge in [0.25, 0.3) is 0 Å². The lowest BCUT2D eigenvalue weighted by molar-refractivity contribution is -0.159. The maximum atomic E-state index is 12.4. The second-order valence-corrected chi connectivity index (χ2v) is 8.49. The summed E-state index contributed by atoms with van der Waals surface area (Å²) in [7, 11) is 0. The van der Waals surface area contributed by atoms with Crippen molar-refractivity contribution in [2.45, 2.75) is 96.7 Å². The highest BCUT2D eigenvalue weighted by Gasteiger charge is 2.40. The Kier molecular flexibility index (Phi) is 5.02. The predicted octanol–water partition coefficient (Wildman–Crippen LogP) is 4.06. The van der Waals surface area contributed by atoms with E-state index in [2.05, 4.69) is 39.9 Å². The highest BCUT2D eigenvalue weighted by molar-refractivity contribution is 5.72. The molecule has 3 heteroatoms. The fourth-order valence-electron chi connectivity index (χ4n) is 4.38. The van der Waals surface area contributed by atoms with Crippen molar-refractivity contribution in [2.24, 2.45) is 11.8 Å². The maximum absolute atomic E-state index is 12.4. The predicted molar refractivity (Wildman–Crippen MR) is 86.1 cm³/mol. The third kappa shape index (κ3) is 4.70. The number of esters is 1. The van der Waals surface area contributed by atoms with Crippen LogP contribution in [0.4, 0.5) is 0 Å². The minimum absolute atomic E-state index is 0.0343. The Bertz CT molecular complexity index is 351. The van der Waals surface area contributed by atoms with Gasteiger partial charge in [0.2, 0.25) is 0 Å². The van der Waals surface area contributed by atoms with Crippen LogP contribution in [0.25, 0.3) is 0 Å². The van der Waals surface area contributed by atoms with E-state index in [1.807, 2.05) is 0 Å². The van der Waals surface area contributed by atoms with Crippen LogP contribution in [0.15, 0.2) is 0 Å². The minimum atomic E-state index is 0.0343. The second-order valence-electron chi connectivity index (χ2n) is 8.49. The van der Waals surface area contributed by atoms with Crippen molar-refractivity contribution in [1.82, 2.24) is 5.32 Å². The molecule has 1 heterocycles. The van der Waals surface area contributed by atoms with Gasteiger partial charge in [-0.15, -0.1) is 0 Å². The van der Waals surface area contributed by atoms with Crippen LogP contribution in [-0.2, 0) is 9.53 Å². The summed E-state index contributed by atoms with van der Waals surface area (Å²) in [6, 6.07) is 0. The van der Waals surface area contributed by atoms with E-state index >= 15 is 0 Å². The van der Waals surface area contributed by atoms with E-state index in [0.29, 0.717) is 0 Å². The molecule has 1 saturated carbocycles. The number of ether oxygens (including phenoxy) is 1. The molecule has 0 aromatic carbocycles. The molecular formula is C18H33NO2. The van der Waals surface area contributed by atoms with Crippen molar-refractivity contribution in [3.05, 3.63) is 0 Å². The molecular weight excluding hydrogens is 262 g/mol. The number of piperidine rings is 1. The van der Waals surface area contributed by atoms with Gasteiger partial charge in [-0.25, -0.2) is 0 Å². The fraction of sp³-hybridized carbons (Fsp3) is 0.944. The molecule has 0 unspecified atom stereocenters. The molecule has 0 bridgehead atoms. The molecule has 0 aromatic rings. The molecule has 1 N–H and O–H groups in total. The van der Waals surface area contributed by atoms with Gasteiger partial charge in [-0.05, 0) is 59.3 Å². The number of rotatable bonds is 3. The number of hydrogen-bond donors (Lipinski definition) is 1. The summed E-state index contributed by atoms with van der Waals surface area (Å²) >= 11 is 0. The quantitative estimate of drug-likeness (QED) is 0.798. The first-order chi connectivity index (χ1) is 9.71. The van der Waals surface area contributed by atoms with Gasteiger partial charge in [0.05, 0.1) is 5.92 Å². The Morgan fingerprint density at radius 1 is 1.05 bits per heavy atom. The molecule has 1 aliphatic heterocycles. The highest BCUT2D eigenvalue weighted by Crippen LogP contribution is 2.34. The molecule has 0 radical (unpaired) electrons. The van der Waals surface area contributed by atoms with Crippen molar-refractivity contribution >= 4 is 5.97 Å². The van der Waals surface area contributed by atoms with E-state index in [1.165, 1.54) is 19.3 Å². The zero-order valence-corrected chi connectivity index (χ0v) is 14.5. The first kappa shape index (κ1) is 16.8. The molecule has 0 amide bonds. The SMILES string of the molecule is CCC1CCC(C(=O)OC2CC(C)(C)NC(C)(C)C2)CC1. The summed E-state index contributed by atoms with van der Waals surface area (Å²) in [4.78, 5) is 12.4. The Morgan fingerprint density at radius 3 is 2.05 bits per heavy atom. The van der Waals surface area contributed by atoms with Gasteiger partial charge < -0.3 is 10.1 Å². The monoisotopic (exact) mass is 295 g/mol. The average Bonchev–Trinajstić information content (AvgIpc) is 2.35. The zero-order valence-electron chi connectivity index (χ0n) is 14.5. The van der Waals surface area contributed by atoms with Gasteiger partial charge in [-0.2, -0.15) is 0 Å². The standard InChI is InChI=1S/C18H33NO2/c1-6-13-7-9-14(10-8-13)16(20)21-15-11-17(2,3)19-18(4,5)12-15/h13-15,19H,6-12H2,1-5H3. The fourth-order valence-corrected chi connectivity index (χ4v) is 4.38. The summed E-state index contributed by atoms with van der Waals surface area (Å²) in [5, 5.41) is 3.64. The molecule has 1 aliphatic carbocycles. The molecule has 0 aromatic heterocycles. The first-order valence-electron chi connectivity index (χ1n) is 8.70. The van der Waals surface area contributed by atoms with Crippen LogP contribution in [0.5, 0.6) is 0 Å². The molecule has 0 spiro atoms. The first-order valence-corrected chi connectivity index (χ1v) is 8.70. The van der Waals surface area contributed by atoms with E-state index in [4.69, 9.17) is 4.74 Å². The number of nitrogens with one attached hydrogen (secondary N) is 1. The third-order valence-electron chi connectivity index (χ3n) is 5.19. The van der Waals surface area contributed by atoms with Crippen molar-refractivity contribution in [1.29, 1.82) is 0 Å². The van der Waals surface area contributed by atoms with Crippen LogP contribution in [-0.4, -0.2) is 23.2 Å². The smallest absolute Gasteiger partial charge is 0.309 e. The van der Waals surface area contributed by atoms with Crippen molar-refractivity contribution in [2.75, 3.05) is 0 Å². The van der Waals surface area contributed by atoms with Gasteiger partial charge in [-0.1, -0.05) is 13.3 Å². The lowest BCUT2D eigenvalue weighted by Crippen LogP contribution is -2.59. The maximum Gasteiger partial charge on any atom is 0.309 e. The molecule has 21 heavy (non-hydrogen) atoms. The van der Waals surface area contributed by atoms with Gasteiger partial charge in [0.15, 0.2) is 0 Å². The van der Waals surface area contributed by atoms with Crippen LogP contribution in [0.3, 0.4) is 0 Å². The summed E-state index contributed by atoms with van der Waals surface area (Å²) in [6.45, 7) is 11.0. The molecule has 2 aliphatic rings. The van der Waals surface area contributed by atoms with Crippen LogP contribution in [0.1, 0.15) is 79.6 Å². The van der Waals surface area contributed by atoms with Crippen LogP contribution >= 0.6 is 0 Å². The molecule has 3 nitrogen and oxygen atoms in total. The highest BCUT2D eigenvalue weighted by atomic mass is 16.5. The lowest BCUT2D eigenvalue weighted by atomic mass is 9.80. The van der Waals surface area contributed by atoms with Gasteiger partial charge in [-0.3, -0.25) is 4.79 Å². The molecule has 1 saturated heterocycles. The average molecular weight is 295 g/mol. The van der Waals surface area contributed by atoms with Gasteiger partial charge >= 0.3 is 5.97 Å². The van der Waals surface area contributed by atoms with E-state index in [1.54, 1.807) is 0 Å². The summed E-state index contributed by atoms with van der Waals surface area (Å²) < 4.78 is 5.89. The summed E-state index contributed by atoms with van der Waals surface area (Å²) in [5.74, 6) is 1.03. The summed E-state index contributed by atoms with van der Waals surface area (Å²) in [5.41, 5.74) is 0.0686. The molecule has 2 fully saturated rings. The zero-order chi connectivity index (χ0) is 15.7. The number of carbonyl (C=O) groups is 1. The van der Waals surface area contributed by atoms with Crippen LogP contribution < -0.4 is 5.32 Å². The Balaban J connectivity index is 1.88. The second kappa shape index (κ2) is 6.28. The Hall–Kier alpha value is -0.570. The largest absolute Gasteiger partial charge is 0.462 e. The van der Waals surface area contributed by atoms with E-state index < -0.39 is 0 Å². The Labute approximate surface area is 130 Å². The van der Waals surface area contributed by atoms with Gasteiger partial charge in [0.1, 0.15) is 6.10 Å². The normalized spacial score (nSPS) is 32.6. The van der Waals surface area contributed by atoms with Gasteiger partial charge in [0, 0.05) is 23.9 Å². The van der Waals surface area contributed by atoms with Crippen LogP contribution in [0.2, 0.25) is 0 Å². The van der Waals surface area contributed by atoms with Crippen molar-refractivity contribution < 1.29 is 9.53 Å². The lowest BCUT2D eigenvalue weighted by Gasteiger charge is -2.46. The number of hydrogen-bond acceptors (Lipinski definition) is 3. The Morgan fingerprint density at radius 2 is 1.57 bits per heavy atom. The molecule has 122 valence electrons. The van der Waals surface area contributed by atoms with Crippen molar-refractivity contribution in [3.8, 4) is 0 Å². The number of carbonyl (C=O) groups excluding carboxylic acids is 1. The van der Waals surface area contributed by atoms with Crippen molar-refractivity contribution in [3.63, 3.8) is 0 Å². The summed E-state index contributed by atoms with van der Waals surface area (Å²) in [6.07, 6.45) is 7.56. The minimum Gasteiger partial charge on any atom is -0.462 e. The van der Waals surface area contributed by atoms with E-state index in [0.717, 1.165) is 31.6 Å². The van der Waals surface area contributed by atoms with E-state index in [-0.39, 0.29) is 29.1 Å².